The van der Waals surface area contributed by atoms with Crippen LogP contribution in [0.15, 0.2) is 18.3 Å². The molecule has 1 saturated carbocycles. The molecule has 0 unspecified atom stereocenters. The lowest BCUT2D eigenvalue weighted by Crippen LogP contribution is -1.99. The van der Waals surface area contributed by atoms with Gasteiger partial charge < -0.3 is 5.11 Å². The van der Waals surface area contributed by atoms with E-state index in [1.54, 1.807) is 6.20 Å². The summed E-state index contributed by atoms with van der Waals surface area (Å²) in [6.45, 7) is 1.99. The van der Waals surface area contributed by atoms with Crippen LogP contribution in [0, 0.1) is 12.8 Å². The highest BCUT2D eigenvalue weighted by molar-refractivity contribution is 5.75. The fraction of sp³-hybridized carbons (Fsp3) is 0.400. The first-order chi connectivity index (χ1) is 6.18. The molecule has 3 nitrogen and oxygen atoms in total. The Morgan fingerprint density at radius 2 is 2.46 bits per heavy atom. The minimum Gasteiger partial charge on any atom is -0.481 e. The highest BCUT2D eigenvalue weighted by Gasteiger charge is 2.45. The van der Waals surface area contributed by atoms with Crippen molar-refractivity contribution in [1.82, 2.24) is 4.98 Å². The first kappa shape index (κ1) is 8.23. The third-order valence-corrected chi connectivity index (χ3v) is 2.42. The van der Waals surface area contributed by atoms with Crippen LogP contribution in [-0.2, 0) is 4.79 Å². The molecule has 13 heavy (non-hydrogen) atoms. The lowest BCUT2D eigenvalue weighted by molar-refractivity contribution is -0.138. The molecule has 1 aromatic rings. The molecule has 0 aromatic carbocycles. The molecule has 1 aliphatic carbocycles. The quantitative estimate of drug-likeness (QED) is 0.746. The summed E-state index contributed by atoms with van der Waals surface area (Å²) in [4.78, 5) is 14.8. The normalized spacial score (nSPS) is 25.6. The number of aliphatic carboxylic acids is 1. The molecule has 0 amide bonds. The molecule has 68 valence electrons. The fourth-order valence-electron chi connectivity index (χ4n) is 1.56. The van der Waals surface area contributed by atoms with Gasteiger partial charge in [-0.3, -0.25) is 9.78 Å². The van der Waals surface area contributed by atoms with Gasteiger partial charge in [0.15, 0.2) is 0 Å². The van der Waals surface area contributed by atoms with Crippen molar-refractivity contribution in [3.63, 3.8) is 0 Å². The Labute approximate surface area is 76.4 Å². The van der Waals surface area contributed by atoms with Crippen LogP contribution in [0.5, 0.6) is 0 Å². The van der Waals surface area contributed by atoms with Crippen molar-refractivity contribution in [3.8, 4) is 0 Å². The standard InChI is InChI=1S/C10H11NO2/c1-6-2-3-11-9(4-6)7-5-8(7)10(12)13/h2-4,7-8H,5H2,1H3,(H,12,13)/t7-,8-/m1/s1. The molecule has 1 aliphatic rings. The summed E-state index contributed by atoms with van der Waals surface area (Å²) in [5, 5.41) is 8.73. The summed E-state index contributed by atoms with van der Waals surface area (Å²) in [6.07, 6.45) is 2.48. The van der Waals surface area contributed by atoms with Gasteiger partial charge in [-0.2, -0.15) is 0 Å². The number of carboxylic acid groups (broad SMARTS) is 1. The second-order valence-electron chi connectivity index (χ2n) is 3.54. The molecule has 2 atom stereocenters. The fourth-order valence-corrected chi connectivity index (χ4v) is 1.56. The number of hydrogen-bond acceptors (Lipinski definition) is 2. The monoisotopic (exact) mass is 177 g/mol. The Morgan fingerprint density at radius 1 is 1.69 bits per heavy atom. The molecule has 0 spiro atoms. The minimum atomic E-state index is -0.701. The van der Waals surface area contributed by atoms with Gasteiger partial charge in [-0.1, -0.05) is 0 Å². The summed E-state index contributed by atoms with van der Waals surface area (Å²) in [6, 6.07) is 3.88. The first-order valence-corrected chi connectivity index (χ1v) is 4.34. The van der Waals surface area contributed by atoms with E-state index in [1.165, 1.54) is 0 Å². The van der Waals surface area contributed by atoms with Crippen LogP contribution in [0.4, 0.5) is 0 Å². The second-order valence-corrected chi connectivity index (χ2v) is 3.54. The maximum atomic E-state index is 10.6. The highest BCUT2D eigenvalue weighted by Crippen LogP contribution is 2.46. The van der Waals surface area contributed by atoms with E-state index in [0.29, 0.717) is 0 Å². The van der Waals surface area contributed by atoms with Crippen molar-refractivity contribution in [3.05, 3.63) is 29.6 Å². The van der Waals surface area contributed by atoms with Crippen LogP contribution in [-0.4, -0.2) is 16.1 Å². The van der Waals surface area contributed by atoms with E-state index in [0.717, 1.165) is 17.7 Å². The molecule has 0 saturated heterocycles. The van der Waals surface area contributed by atoms with Gasteiger partial charge in [-0.15, -0.1) is 0 Å². The third-order valence-electron chi connectivity index (χ3n) is 2.42. The summed E-state index contributed by atoms with van der Waals surface area (Å²) >= 11 is 0. The van der Waals surface area contributed by atoms with E-state index in [4.69, 9.17) is 5.11 Å². The number of aromatic nitrogens is 1. The predicted molar refractivity (Wildman–Crippen MR) is 47.5 cm³/mol. The third kappa shape index (κ3) is 1.54. The van der Waals surface area contributed by atoms with Crippen LogP contribution in [0.1, 0.15) is 23.6 Å². The van der Waals surface area contributed by atoms with E-state index in [2.05, 4.69) is 4.98 Å². The topological polar surface area (TPSA) is 50.2 Å². The Bertz CT molecular complexity index is 349. The zero-order chi connectivity index (χ0) is 9.42. The SMILES string of the molecule is Cc1ccnc([C@@H]2C[C@H]2C(=O)O)c1. The van der Waals surface area contributed by atoms with Gasteiger partial charge in [0.2, 0.25) is 0 Å². The van der Waals surface area contributed by atoms with Crippen LogP contribution in [0.2, 0.25) is 0 Å². The van der Waals surface area contributed by atoms with Crippen LogP contribution < -0.4 is 0 Å². The largest absolute Gasteiger partial charge is 0.481 e. The van der Waals surface area contributed by atoms with Gasteiger partial charge in [-0.05, 0) is 31.0 Å². The van der Waals surface area contributed by atoms with Crippen molar-refractivity contribution >= 4 is 5.97 Å². The van der Waals surface area contributed by atoms with Crippen LogP contribution in [0.25, 0.3) is 0 Å². The molecule has 1 aromatic heterocycles. The number of hydrogen-bond donors (Lipinski definition) is 1. The molecular formula is C10H11NO2. The zero-order valence-electron chi connectivity index (χ0n) is 7.40. The maximum Gasteiger partial charge on any atom is 0.307 e. The van der Waals surface area contributed by atoms with Crippen molar-refractivity contribution in [2.24, 2.45) is 5.92 Å². The van der Waals surface area contributed by atoms with Crippen LogP contribution >= 0.6 is 0 Å². The van der Waals surface area contributed by atoms with Crippen molar-refractivity contribution in [2.45, 2.75) is 19.3 Å². The van der Waals surface area contributed by atoms with Gasteiger partial charge in [-0.25, -0.2) is 0 Å². The van der Waals surface area contributed by atoms with Gasteiger partial charge in [0.25, 0.3) is 0 Å². The number of carbonyl (C=O) groups is 1. The van der Waals surface area contributed by atoms with E-state index < -0.39 is 5.97 Å². The average Bonchev–Trinajstić information content (AvgIpc) is 2.82. The Balaban J connectivity index is 2.16. The minimum absolute atomic E-state index is 0.150. The number of carboxylic acids is 1. The van der Waals surface area contributed by atoms with E-state index in [-0.39, 0.29) is 11.8 Å². The second kappa shape index (κ2) is 2.83. The van der Waals surface area contributed by atoms with Gasteiger partial charge in [0, 0.05) is 17.8 Å². The lowest BCUT2D eigenvalue weighted by atomic mass is 10.2. The van der Waals surface area contributed by atoms with Crippen molar-refractivity contribution in [2.75, 3.05) is 0 Å². The molecule has 1 fully saturated rings. The molecule has 3 heteroatoms. The average molecular weight is 177 g/mol. The Morgan fingerprint density at radius 3 is 3.00 bits per heavy atom. The van der Waals surface area contributed by atoms with Crippen LogP contribution in [0.3, 0.4) is 0 Å². The summed E-state index contributed by atoms with van der Waals surface area (Å²) < 4.78 is 0. The first-order valence-electron chi connectivity index (χ1n) is 4.34. The number of aryl methyl sites for hydroxylation is 1. The zero-order valence-corrected chi connectivity index (χ0v) is 7.40. The maximum absolute atomic E-state index is 10.6. The lowest BCUT2D eigenvalue weighted by Gasteiger charge is -1.98. The molecule has 0 bridgehead atoms. The molecular weight excluding hydrogens is 166 g/mol. The number of nitrogens with zero attached hydrogens (tertiary/aromatic N) is 1. The highest BCUT2D eigenvalue weighted by atomic mass is 16.4. The molecule has 1 heterocycles. The summed E-state index contributed by atoms with van der Waals surface area (Å²) in [7, 11) is 0. The van der Waals surface area contributed by atoms with E-state index in [9.17, 15) is 4.79 Å². The van der Waals surface area contributed by atoms with E-state index >= 15 is 0 Å². The Hall–Kier alpha value is -1.38. The molecule has 1 N–H and O–H groups in total. The van der Waals surface area contributed by atoms with Crippen molar-refractivity contribution in [1.29, 1.82) is 0 Å². The van der Waals surface area contributed by atoms with Gasteiger partial charge in [0.1, 0.15) is 0 Å². The Kier molecular flexibility index (Phi) is 1.79. The molecule has 0 radical (unpaired) electrons. The summed E-state index contributed by atoms with van der Waals surface area (Å²) in [5.74, 6) is -0.750. The molecule has 0 aliphatic heterocycles. The van der Waals surface area contributed by atoms with E-state index in [1.807, 2.05) is 19.1 Å². The van der Waals surface area contributed by atoms with Gasteiger partial charge in [0.05, 0.1) is 5.92 Å². The smallest absolute Gasteiger partial charge is 0.307 e. The number of pyridine rings is 1. The van der Waals surface area contributed by atoms with Gasteiger partial charge >= 0.3 is 5.97 Å². The summed E-state index contributed by atoms with van der Waals surface area (Å²) in [5.41, 5.74) is 2.06. The number of rotatable bonds is 2. The van der Waals surface area contributed by atoms with Crippen molar-refractivity contribution < 1.29 is 9.90 Å². The predicted octanol–water partition coefficient (Wildman–Crippen LogP) is 1.58. The molecule has 2 rings (SSSR count).